The largest absolute Gasteiger partial charge is 0.383 e. The molecular formula is C17H20N4. The van der Waals surface area contributed by atoms with Crippen molar-refractivity contribution in [2.24, 2.45) is 5.92 Å². The van der Waals surface area contributed by atoms with Gasteiger partial charge >= 0.3 is 0 Å². The molecule has 0 amide bonds. The van der Waals surface area contributed by atoms with Gasteiger partial charge in [-0.25, -0.2) is 4.98 Å². The Morgan fingerprint density at radius 2 is 1.95 bits per heavy atom. The zero-order chi connectivity index (χ0) is 14.8. The lowest BCUT2D eigenvalue weighted by atomic mass is 10.1. The average molecular weight is 280 g/mol. The number of nitrogens with zero attached hydrogens (tertiary/aromatic N) is 2. The maximum absolute atomic E-state index is 4.67. The first-order valence-corrected chi connectivity index (χ1v) is 7.30. The van der Waals surface area contributed by atoms with E-state index in [2.05, 4.69) is 52.5 Å². The third-order valence-electron chi connectivity index (χ3n) is 3.40. The summed E-state index contributed by atoms with van der Waals surface area (Å²) in [6.07, 6.45) is 0. The van der Waals surface area contributed by atoms with Crippen molar-refractivity contribution in [2.45, 2.75) is 20.8 Å². The van der Waals surface area contributed by atoms with E-state index in [0.29, 0.717) is 5.92 Å². The van der Waals surface area contributed by atoms with Crippen LogP contribution in [0, 0.1) is 12.8 Å². The molecule has 0 radical (unpaired) electrons. The van der Waals surface area contributed by atoms with E-state index >= 15 is 0 Å². The molecule has 3 rings (SSSR count). The van der Waals surface area contributed by atoms with Gasteiger partial charge in [-0.2, -0.15) is 5.10 Å². The molecule has 4 nitrogen and oxygen atoms in total. The molecular weight excluding hydrogens is 260 g/mol. The van der Waals surface area contributed by atoms with E-state index in [0.717, 1.165) is 40.2 Å². The molecule has 0 saturated carbocycles. The second kappa shape index (κ2) is 5.56. The van der Waals surface area contributed by atoms with Crippen molar-refractivity contribution in [2.75, 3.05) is 11.9 Å². The third-order valence-corrected chi connectivity index (χ3v) is 3.40. The molecule has 108 valence electrons. The SMILES string of the molecule is Cc1cc(NCC(C)C)c2[nH]nc(-c3ccccc3)c2n1. The molecule has 0 aliphatic heterocycles. The van der Waals surface area contributed by atoms with Crippen molar-refractivity contribution in [1.29, 1.82) is 0 Å². The van der Waals surface area contributed by atoms with Gasteiger partial charge in [-0.3, -0.25) is 5.10 Å². The molecule has 0 bridgehead atoms. The Hall–Kier alpha value is -2.36. The normalized spacial score (nSPS) is 11.2. The molecule has 3 aromatic rings. The summed E-state index contributed by atoms with van der Waals surface area (Å²) in [4.78, 5) is 4.67. The van der Waals surface area contributed by atoms with Gasteiger partial charge in [0, 0.05) is 17.8 Å². The zero-order valence-electron chi connectivity index (χ0n) is 12.6. The number of hydrogen-bond acceptors (Lipinski definition) is 3. The predicted octanol–water partition coefficient (Wildman–Crippen LogP) is 4.00. The minimum atomic E-state index is 0.588. The minimum Gasteiger partial charge on any atom is -0.383 e. The Labute approximate surface area is 124 Å². The number of aryl methyl sites for hydroxylation is 1. The number of fused-ring (bicyclic) bond motifs is 1. The number of hydrogen-bond donors (Lipinski definition) is 2. The topological polar surface area (TPSA) is 53.6 Å². The number of rotatable bonds is 4. The van der Waals surface area contributed by atoms with Crippen LogP contribution in [0.25, 0.3) is 22.3 Å². The van der Waals surface area contributed by atoms with Gasteiger partial charge in [-0.15, -0.1) is 0 Å². The van der Waals surface area contributed by atoms with E-state index in [1.165, 1.54) is 0 Å². The highest BCUT2D eigenvalue weighted by molar-refractivity contribution is 5.96. The smallest absolute Gasteiger partial charge is 0.118 e. The molecule has 0 aliphatic rings. The Morgan fingerprint density at radius 3 is 2.67 bits per heavy atom. The molecule has 2 N–H and O–H groups in total. The van der Waals surface area contributed by atoms with E-state index in [1.54, 1.807) is 0 Å². The Balaban J connectivity index is 2.10. The van der Waals surface area contributed by atoms with Crippen LogP contribution in [0.2, 0.25) is 0 Å². The van der Waals surface area contributed by atoms with E-state index in [4.69, 9.17) is 0 Å². The third kappa shape index (κ3) is 2.75. The van der Waals surface area contributed by atoms with Crippen molar-refractivity contribution in [3.63, 3.8) is 0 Å². The van der Waals surface area contributed by atoms with Crippen molar-refractivity contribution < 1.29 is 0 Å². The number of aromatic amines is 1. The Kier molecular flexibility index (Phi) is 3.60. The average Bonchev–Trinajstić information content (AvgIpc) is 2.89. The summed E-state index contributed by atoms with van der Waals surface area (Å²) >= 11 is 0. The van der Waals surface area contributed by atoms with Gasteiger partial charge in [0.2, 0.25) is 0 Å². The van der Waals surface area contributed by atoms with Crippen LogP contribution in [0.15, 0.2) is 36.4 Å². The van der Waals surface area contributed by atoms with Gasteiger partial charge in [0.1, 0.15) is 16.7 Å². The minimum absolute atomic E-state index is 0.588. The van der Waals surface area contributed by atoms with Crippen molar-refractivity contribution in [3.05, 3.63) is 42.1 Å². The summed E-state index contributed by atoms with van der Waals surface area (Å²) in [7, 11) is 0. The zero-order valence-corrected chi connectivity index (χ0v) is 12.6. The fourth-order valence-electron chi connectivity index (χ4n) is 2.37. The van der Waals surface area contributed by atoms with Crippen LogP contribution >= 0.6 is 0 Å². The van der Waals surface area contributed by atoms with Gasteiger partial charge in [-0.1, -0.05) is 44.2 Å². The highest BCUT2D eigenvalue weighted by Gasteiger charge is 2.13. The van der Waals surface area contributed by atoms with Crippen LogP contribution < -0.4 is 5.32 Å². The first-order valence-electron chi connectivity index (χ1n) is 7.30. The summed E-state index contributed by atoms with van der Waals surface area (Å²) in [6.45, 7) is 7.33. The van der Waals surface area contributed by atoms with E-state index in [-0.39, 0.29) is 0 Å². The molecule has 0 saturated heterocycles. The van der Waals surface area contributed by atoms with Crippen LogP contribution in [0.1, 0.15) is 19.5 Å². The highest BCUT2D eigenvalue weighted by Crippen LogP contribution is 2.29. The molecule has 21 heavy (non-hydrogen) atoms. The van der Waals surface area contributed by atoms with Crippen LogP contribution in [0.3, 0.4) is 0 Å². The fourth-order valence-corrected chi connectivity index (χ4v) is 2.37. The maximum atomic E-state index is 4.67. The Bertz CT molecular complexity index is 744. The van der Waals surface area contributed by atoms with Crippen LogP contribution in [0.5, 0.6) is 0 Å². The van der Waals surface area contributed by atoms with Gasteiger partial charge in [0.05, 0.1) is 5.69 Å². The van der Waals surface area contributed by atoms with Crippen molar-refractivity contribution in [1.82, 2.24) is 15.2 Å². The first kappa shape index (κ1) is 13.6. The molecule has 0 unspecified atom stereocenters. The second-order valence-electron chi connectivity index (χ2n) is 5.75. The quantitative estimate of drug-likeness (QED) is 0.759. The van der Waals surface area contributed by atoms with Crippen LogP contribution in [0.4, 0.5) is 5.69 Å². The molecule has 0 fully saturated rings. The number of nitrogens with one attached hydrogen (secondary N) is 2. The van der Waals surface area contributed by atoms with Gasteiger partial charge in [-0.05, 0) is 18.9 Å². The number of H-pyrrole nitrogens is 1. The molecule has 2 aromatic heterocycles. The predicted molar refractivity (Wildman–Crippen MR) is 87.4 cm³/mol. The molecule has 0 atom stereocenters. The summed E-state index contributed by atoms with van der Waals surface area (Å²) in [5.74, 6) is 0.588. The number of benzene rings is 1. The van der Waals surface area contributed by atoms with Crippen molar-refractivity contribution >= 4 is 16.7 Å². The van der Waals surface area contributed by atoms with E-state index < -0.39 is 0 Å². The number of pyridine rings is 1. The molecule has 0 spiro atoms. The standard InChI is InChI=1S/C17H20N4/c1-11(2)10-18-14-9-12(3)19-17-15(20-21-16(14)17)13-7-5-4-6-8-13/h4-9,11H,10H2,1-3H3,(H,18,19)(H,20,21). The monoisotopic (exact) mass is 280 g/mol. The lowest BCUT2D eigenvalue weighted by Gasteiger charge is -2.10. The van der Waals surface area contributed by atoms with Crippen LogP contribution in [-0.2, 0) is 0 Å². The summed E-state index contributed by atoms with van der Waals surface area (Å²) < 4.78 is 0. The van der Waals surface area contributed by atoms with Gasteiger partial charge < -0.3 is 5.32 Å². The van der Waals surface area contributed by atoms with Crippen molar-refractivity contribution in [3.8, 4) is 11.3 Å². The molecule has 0 aliphatic carbocycles. The summed E-state index contributed by atoms with van der Waals surface area (Å²) in [5, 5.41) is 11.1. The van der Waals surface area contributed by atoms with E-state index in [1.807, 2.05) is 25.1 Å². The molecule has 2 heterocycles. The van der Waals surface area contributed by atoms with Gasteiger partial charge in [0.25, 0.3) is 0 Å². The number of anilines is 1. The lowest BCUT2D eigenvalue weighted by molar-refractivity contribution is 0.689. The maximum Gasteiger partial charge on any atom is 0.118 e. The molecule has 4 heteroatoms. The molecule has 1 aromatic carbocycles. The summed E-state index contributed by atoms with van der Waals surface area (Å²) in [5.41, 5.74) is 5.94. The van der Waals surface area contributed by atoms with E-state index in [9.17, 15) is 0 Å². The first-order chi connectivity index (χ1) is 10.1. The van der Waals surface area contributed by atoms with Crippen LogP contribution in [-0.4, -0.2) is 21.7 Å². The highest BCUT2D eigenvalue weighted by atomic mass is 15.1. The summed E-state index contributed by atoms with van der Waals surface area (Å²) in [6, 6.07) is 12.2. The lowest BCUT2D eigenvalue weighted by Crippen LogP contribution is -2.08. The fraction of sp³-hybridized carbons (Fsp3) is 0.294. The van der Waals surface area contributed by atoms with Gasteiger partial charge in [0.15, 0.2) is 0 Å². The Morgan fingerprint density at radius 1 is 1.19 bits per heavy atom. The number of aromatic nitrogens is 3. The second-order valence-corrected chi connectivity index (χ2v) is 5.75.